The van der Waals surface area contributed by atoms with Crippen molar-refractivity contribution in [2.24, 2.45) is 11.7 Å². The molecule has 0 rings (SSSR count). The van der Waals surface area contributed by atoms with Gasteiger partial charge in [0.2, 0.25) is 5.91 Å². The zero-order valence-corrected chi connectivity index (χ0v) is 10.6. The van der Waals surface area contributed by atoms with Gasteiger partial charge in [-0.2, -0.15) is 0 Å². The maximum Gasteiger partial charge on any atom is 0.227 e. The Balaban J connectivity index is 3.38. The third-order valence-electron chi connectivity index (χ3n) is 2.94. The van der Waals surface area contributed by atoms with Crippen LogP contribution >= 0.6 is 0 Å². The first-order chi connectivity index (χ1) is 7.59. The summed E-state index contributed by atoms with van der Waals surface area (Å²) < 4.78 is 0. The lowest BCUT2D eigenvalue weighted by Crippen LogP contribution is -2.27. The first-order valence-electron chi connectivity index (χ1n) is 6.41. The predicted octanol–water partition coefficient (Wildman–Crippen LogP) is 2.82. The van der Waals surface area contributed by atoms with E-state index in [9.17, 15) is 9.59 Å². The van der Waals surface area contributed by atoms with E-state index in [1.54, 1.807) is 6.92 Å². The van der Waals surface area contributed by atoms with E-state index in [2.05, 4.69) is 6.92 Å². The highest BCUT2D eigenvalue weighted by Gasteiger charge is 2.17. The van der Waals surface area contributed by atoms with E-state index in [1.165, 1.54) is 32.1 Å². The van der Waals surface area contributed by atoms with Gasteiger partial charge in [0, 0.05) is 6.42 Å². The molecule has 0 saturated carbocycles. The van der Waals surface area contributed by atoms with Gasteiger partial charge in [-0.15, -0.1) is 0 Å². The Morgan fingerprint density at radius 1 is 1.00 bits per heavy atom. The normalized spacial score (nSPS) is 12.4. The number of unbranched alkanes of at least 4 members (excludes halogenated alkanes) is 6. The van der Waals surface area contributed by atoms with Crippen molar-refractivity contribution in [3.8, 4) is 0 Å². The quantitative estimate of drug-likeness (QED) is 0.461. The first-order valence-corrected chi connectivity index (χ1v) is 6.41. The third kappa shape index (κ3) is 7.43. The van der Waals surface area contributed by atoms with E-state index in [0.29, 0.717) is 6.42 Å². The Hall–Kier alpha value is -0.860. The van der Waals surface area contributed by atoms with Crippen LogP contribution < -0.4 is 5.73 Å². The number of ketones is 1. The van der Waals surface area contributed by atoms with Crippen LogP contribution in [0, 0.1) is 5.92 Å². The summed E-state index contributed by atoms with van der Waals surface area (Å²) in [4.78, 5) is 22.2. The summed E-state index contributed by atoms with van der Waals surface area (Å²) in [7, 11) is 0. The van der Waals surface area contributed by atoms with Crippen LogP contribution in [0.25, 0.3) is 0 Å². The molecule has 0 fully saturated rings. The Morgan fingerprint density at radius 2 is 1.50 bits per heavy atom. The number of rotatable bonds is 10. The van der Waals surface area contributed by atoms with Gasteiger partial charge >= 0.3 is 0 Å². The lowest BCUT2D eigenvalue weighted by molar-refractivity contribution is -0.131. The van der Waals surface area contributed by atoms with Gasteiger partial charge in [-0.3, -0.25) is 9.59 Å². The average molecular weight is 227 g/mol. The molecule has 0 aromatic carbocycles. The van der Waals surface area contributed by atoms with Gasteiger partial charge < -0.3 is 5.73 Å². The molecule has 1 unspecified atom stereocenters. The van der Waals surface area contributed by atoms with Gasteiger partial charge in [-0.25, -0.2) is 0 Å². The molecule has 3 nitrogen and oxygen atoms in total. The minimum atomic E-state index is -0.611. The van der Waals surface area contributed by atoms with Gasteiger partial charge in [0.25, 0.3) is 0 Å². The Labute approximate surface area is 98.8 Å². The molecule has 0 heterocycles. The molecular weight excluding hydrogens is 202 g/mol. The summed E-state index contributed by atoms with van der Waals surface area (Å²) in [6, 6.07) is 0. The molecule has 0 aliphatic heterocycles. The van der Waals surface area contributed by atoms with Crippen LogP contribution in [0.1, 0.15) is 65.2 Å². The molecular formula is C13H25NO2. The summed E-state index contributed by atoms with van der Waals surface area (Å²) in [5.74, 6) is -1.13. The molecule has 16 heavy (non-hydrogen) atoms. The highest BCUT2D eigenvalue weighted by atomic mass is 16.2. The highest BCUT2D eigenvalue weighted by molar-refractivity contribution is 6.00. The number of hydrogen-bond donors (Lipinski definition) is 1. The zero-order chi connectivity index (χ0) is 12.4. The van der Waals surface area contributed by atoms with E-state index in [-0.39, 0.29) is 5.78 Å². The monoisotopic (exact) mass is 227 g/mol. The molecule has 0 radical (unpaired) electrons. The molecule has 0 saturated heterocycles. The molecule has 3 heteroatoms. The van der Waals surface area contributed by atoms with Crippen molar-refractivity contribution in [3.63, 3.8) is 0 Å². The first kappa shape index (κ1) is 15.1. The Kier molecular flexibility index (Phi) is 8.87. The van der Waals surface area contributed by atoms with E-state index in [4.69, 9.17) is 5.73 Å². The standard InChI is InChI=1S/C13H25NO2/c1-3-4-5-6-7-8-9-10-12(15)11(2)13(14)16/h11H,3-10H2,1-2H3,(H2,14,16). The number of hydrogen-bond acceptors (Lipinski definition) is 2. The largest absolute Gasteiger partial charge is 0.369 e. The van der Waals surface area contributed by atoms with Crippen LogP contribution in [-0.4, -0.2) is 11.7 Å². The van der Waals surface area contributed by atoms with Crippen LogP contribution in [0.15, 0.2) is 0 Å². The smallest absolute Gasteiger partial charge is 0.227 e. The SMILES string of the molecule is CCCCCCCCCC(=O)C(C)C(N)=O. The lowest BCUT2D eigenvalue weighted by atomic mass is 9.99. The summed E-state index contributed by atoms with van der Waals surface area (Å²) in [5, 5.41) is 0. The highest BCUT2D eigenvalue weighted by Crippen LogP contribution is 2.10. The molecule has 0 aromatic rings. The molecule has 94 valence electrons. The van der Waals surface area contributed by atoms with Crippen LogP contribution in [0.5, 0.6) is 0 Å². The van der Waals surface area contributed by atoms with Crippen molar-refractivity contribution in [2.45, 2.75) is 65.2 Å². The second-order valence-electron chi connectivity index (χ2n) is 4.46. The minimum absolute atomic E-state index is 0.0129. The fourth-order valence-corrected chi connectivity index (χ4v) is 1.63. The summed E-state index contributed by atoms with van der Waals surface area (Å²) in [5.41, 5.74) is 5.06. The molecule has 0 aromatic heterocycles. The van der Waals surface area contributed by atoms with Gasteiger partial charge in [0.05, 0.1) is 5.92 Å². The van der Waals surface area contributed by atoms with Gasteiger partial charge in [-0.05, 0) is 13.3 Å². The third-order valence-corrected chi connectivity index (χ3v) is 2.94. The maximum atomic E-state index is 11.4. The second kappa shape index (κ2) is 9.37. The number of carbonyl (C=O) groups is 2. The molecule has 2 N–H and O–H groups in total. The summed E-state index contributed by atoms with van der Waals surface area (Å²) in [6.07, 6.45) is 8.78. The van der Waals surface area contributed by atoms with E-state index in [0.717, 1.165) is 12.8 Å². The fraction of sp³-hybridized carbons (Fsp3) is 0.846. The predicted molar refractivity (Wildman–Crippen MR) is 66.0 cm³/mol. The lowest BCUT2D eigenvalue weighted by Gasteiger charge is -2.05. The molecule has 0 aliphatic rings. The van der Waals surface area contributed by atoms with Crippen molar-refractivity contribution in [2.75, 3.05) is 0 Å². The Bertz CT molecular complexity index is 214. The number of amides is 1. The molecule has 0 spiro atoms. The number of Topliss-reactive ketones (excluding diaryl/α,β-unsaturated/α-hetero) is 1. The Morgan fingerprint density at radius 3 is 2.00 bits per heavy atom. The molecule has 1 amide bonds. The van der Waals surface area contributed by atoms with Crippen LogP contribution in [0.2, 0.25) is 0 Å². The molecule has 0 aliphatic carbocycles. The topological polar surface area (TPSA) is 60.2 Å². The van der Waals surface area contributed by atoms with Gasteiger partial charge in [0.15, 0.2) is 0 Å². The number of carbonyl (C=O) groups excluding carboxylic acids is 2. The minimum Gasteiger partial charge on any atom is -0.369 e. The van der Waals surface area contributed by atoms with Crippen LogP contribution in [-0.2, 0) is 9.59 Å². The van der Waals surface area contributed by atoms with Crippen molar-refractivity contribution in [3.05, 3.63) is 0 Å². The maximum absolute atomic E-state index is 11.4. The van der Waals surface area contributed by atoms with Gasteiger partial charge in [-0.1, -0.05) is 45.4 Å². The van der Waals surface area contributed by atoms with Crippen molar-refractivity contribution < 1.29 is 9.59 Å². The average Bonchev–Trinajstić information content (AvgIpc) is 2.26. The van der Waals surface area contributed by atoms with Crippen molar-refractivity contribution in [1.29, 1.82) is 0 Å². The summed E-state index contributed by atoms with van der Waals surface area (Å²) in [6.45, 7) is 3.79. The van der Waals surface area contributed by atoms with Crippen LogP contribution in [0.4, 0.5) is 0 Å². The fourth-order valence-electron chi connectivity index (χ4n) is 1.63. The van der Waals surface area contributed by atoms with Gasteiger partial charge in [0.1, 0.15) is 5.78 Å². The second-order valence-corrected chi connectivity index (χ2v) is 4.46. The van der Waals surface area contributed by atoms with E-state index < -0.39 is 11.8 Å². The molecule has 0 bridgehead atoms. The molecule has 1 atom stereocenters. The van der Waals surface area contributed by atoms with Crippen LogP contribution in [0.3, 0.4) is 0 Å². The number of nitrogens with two attached hydrogens (primary N) is 1. The van der Waals surface area contributed by atoms with Crippen molar-refractivity contribution >= 4 is 11.7 Å². The van der Waals surface area contributed by atoms with E-state index in [1.807, 2.05) is 0 Å². The van der Waals surface area contributed by atoms with E-state index >= 15 is 0 Å². The summed E-state index contributed by atoms with van der Waals surface area (Å²) >= 11 is 0. The number of primary amides is 1. The van der Waals surface area contributed by atoms with Crippen molar-refractivity contribution in [1.82, 2.24) is 0 Å². The zero-order valence-electron chi connectivity index (χ0n) is 10.6.